The average molecular weight is 227 g/mol. The van der Waals surface area contributed by atoms with Gasteiger partial charge in [0.2, 0.25) is 9.84 Å². The van der Waals surface area contributed by atoms with Crippen molar-refractivity contribution in [1.82, 2.24) is 0 Å². The molecule has 0 saturated heterocycles. The molecule has 0 bridgehead atoms. The zero-order valence-electron chi connectivity index (χ0n) is 7.90. The number of benzene rings is 1. The zero-order chi connectivity index (χ0) is 11.1. The summed E-state index contributed by atoms with van der Waals surface area (Å²) in [7, 11) is -3.49. The lowest BCUT2D eigenvalue weighted by Crippen LogP contribution is -2.06. The molecule has 1 heterocycles. The molecule has 0 spiro atoms. The van der Waals surface area contributed by atoms with Crippen molar-refractivity contribution in [2.75, 3.05) is 6.54 Å². The van der Waals surface area contributed by atoms with Gasteiger partial charge in [-0.3, -0.25) is 0 Å². The van der Waals surface area contributed by atoms with Gasteiger partial charge in [0.05, 0.1) is 9.80 Å². The maximum atomic E-state index is 13.3. The fourth-order valence-electron chi connectivity index (χ4n) is 1.62. The third kappa shape index (κ3) is 1.48. The van der Waals surface area contributed by atoms with Gasteiger partial charge in [0, 0.05) is 5.56 Å². The molecule has 3 nitrogen and oxygen atoms in total. The van der Waals surface area contributed by atoms with E-state index in [0.29, 0.717) is 0 Å². The van der Waals surface area contributed by atoms with E-state index < -0.39 is 15.7 Å². The highest BCUT2D eigenvalue weighted by Crippen LogP contribution is 2.35. The maximum absolute atomic E-state index is 13.3. The van der Waals surface area contributed by atoms with E-state index in [2.05, 4.69) is 0 Å². The van der Waals surface area contributed by atoms with E-state index in [-0.39, 0.29) is 28.3 Å². The summed E-state index contributed by atoms with van der Waals surface area (Å²) in [6, 6.07) is 4.05. The van der Waals surface area contributed by atoms with Crippen LogP contribution in [0.5, 0.6) is 0 Å². The SMILES string of the molecule is NCCC1=Cc2c(F)cccc2S1(=O)=O. The Morgan fingerprint density at radius 3 is 2.67 bits per heavy atom. The van der Waals surface area contributed by atoms with Gasteiger partial charge in [0.25, 0.3) is 0 Å². The molecule has 0 saturated carbocycles. The van der Waals surface area contributed by atoms with E-state index in [4.69, 9.17) is 5.73 Å². The fraction of sp³-hybridized carbons (Fsp3) is 0.200. The molecule has 0 unspecified atom stereocenters. The van der Waals surface area contributed by atoms with Gasteiger partial charge in [0.15, 0.2) is 0 Å². The summed E-state index contributed by atoms with van der Waals surface area (Å²) in [5.41, 5.74) is 5.46. The van der Waals surface area contributed by atoms with Gasteiger partial charge in [-0.1, -0.05) is 6.07 Å². The highest BCUT2D eigenvalue weighted by molar-refractivity contribution is 7.95. The Morgan fingerprint density at radius 2 is 2.07 bits per heavy atom. The molecule has 1 aliphatic heterocycles. The Kier molecular flexibility index (Phi) is 2.36. The summed E-state index contributed by atoms with van der Waals surface area (Å²) in [6.45, 7) is 0.237. The van der Waals surface area contributed by atoms with Crippen molar-refractivity contribution in [1.29, 1.82) is 0 Å². The zero-order valence-corrected chi connectivity index (χ0v) is 8.72. The van der Waals surface area contributed by atoms with Crippen molar-refractivity contribution in [3.05, 3.63) is 34.5 Å². The predicted octanol–water partition coefficient (Wildman–Crippen LogP) is 1.30. The maximum Gasteiger partial charge on any atom is 0.203 e. The topological polar surface area (TPSA) is 60.2 Å². The molecule has 80 valence electrons. The molecule has 5 heteroatoms. The van der Waals surface area contributed by atoms with Crippen LogP contribution in [0.3, 0.4) is 0 Å². The van der Waals surface area contributed by atoms with Gasteiger partial charge in [-0.15, -0.1) is 0 Å². The lowest BCUT2D eigenvalue weighted by atomic mass is 10.2. The van der Waals surface area contributed by atoms with Crippen LogP contribution in [0.4, 0.5) is 4.39 Å². The Hall–Kier alpha value is -1.20. The first kappa shape index (κ1) is 10.3. The average Bonchev–Trinajstić information content (AvgIpc) is 2.43. The summed E-state index contributed by atoms with van der Waals surface area (Å²) >= 11 is 0. The first-order valence-electron chi connectivity index (χ1n) is 4.51. The molecule has 1 aromatic carbocycles. The summed E-state index contributed by atoms with van der Waals surface area (Å²) in [5.74, 6) is -0.511. The van der Waals surface area contributed by atoms with Crippen LogP contribution in [0.15, 0.2) is 28.0 Å². The number of hydrogen-bond donors (Lipinski definition) is 1. The van der Waals surface area contributed by atoms with Crippen LogP contribution in [0.2, 0.25) is 0 Å². The van der Waals surface area contributed by atoms with Crippen LogP contribution >= 0.6 is 0 Å². The molecular formula is C10H10FNO2S. The van der Waals surface area contributed by atoms with Crippen molar-refractivity contribution in [3.63, 3.8) is 0 Å². The molecule has 0 aliphatic carbocycles. The molecule has 0 amide bonds. The van der Waals surface area contributed by atoms with Crippen LogP contribution in [0.25, 0.3) is 6.08 Å². The Bertz CT molecular complexity index is 534. The monoisotopic (exact) mass is 227 g/mol. The third-order valence-corrected chi connectivity index (χ3v) is 4.29. The van der Waals surface area contributed by atoms with Gasteiger partial charge in [-0.05, 0) is 31.2 Å². The van der Waals surface area contributed by atoms with Crippen LogP contribution in [-0.4, -0.2) is 15.0 Å². The first-order valence-corrected chi connectivity index (χ1v) is 6.00. The lowest BCUT2D eigenvalue weighted by Gasteiger charge is -2.01. The predicted molar refractivity (Wildman–Crippen MR) is 55.2 cm³/mol. The molecule has 2 N–H and O–H groups in total. The summed E-state index contributed by atoms with van der Waals surface area (Å²) in [6.07, 6.45) is 1.61. The normalized spacial score (nSPS) is 17.3. The van der Waals surface area contributed by atoms with E-state index in [9.17, 15) is 12.8 Å². The van der Waals surface area contributed by atoms with Crippen molar-refractivity contribution < 1.29 is 12.8 Å². The Labute approximate surface area is 87.3 Å². The van der Waals surface area contributed by atoms with Crippen LogP contribution in [0, 0.1) is 5.82 Å². The van der Waals surface area contributed by atoms with Crippen LogP contribution in [-0.2, 0) is 9.84 Å². The van der Waals surface area contributed by atoms with E-state index in [0.717, 1.165) is 0 Å². The summed E-state index contributed by atoms with van der Waals surface area (Å²) in [4.78, 5) is 0.246. The molecule has 15 heavy (non-hydrogen) atoms. The number of hydrogen-bond acceptors (Lipinski definition) is 3. The molecule has 0 aromatic heterocycles. The first-order chi connectivity index (χ1) is 7.07. The number of halogens is 1. The van der Waals surface area contributed by atoms with E-state index in [1.165, 1.54) is 24.3 Å². The fourth-order valence-corrected chi connectivity index (χ4v) is 3.27. The van der Waals surface area contributed by atoms with Gasteiger partial charge < -0.3 is 5.73 Å². The van der Waals surface area contributed by atoms with Gasteiger partial charge in [0.1, 0.15) is 5.82 Å². The molecule has 2 rings (SSSR count). The third-order valence-electron chi connectivity index (χ3n) is 2.34. The van der Waals surface area contributed by atoms with Gasteiger partial charge in [-0.25, -0.2) is 12.8 Å². The lowest BCUT2D eigenvalue weighted by molar-refractivity contribution is 0.596. The second-order valence-corrected chi connectivity index (χ2v) is 5.28. The highest BCUT2D eigenvalue weighted by atomic mass is 32.2. The second-order valence-electron chi connectivity index (χ2n) is 3.30. The Morgan fingerprint density at radius 1 is 1.33 bits per heavy atom. The van der Waals surface area contributed by atoms with Crippen molar-refractivity contribution >= 4 is 15.9 Å². The molecule has 0 radical (unpaired) electrons. The van der Waals surface area contributed by atoms with Crippen LogP contribution < -0.4 is 5.73 Å². The van der Waals surface area contributed by atoms with Gasteiger partial charge >= 0.3 is 0 Å². The number of rotatable bonds is 2. The smallest absolute Gasteiger partial charge is 0.203 e. The number of fused-ring (bicyclic) bond motifs is 1. The molecule has 1 aromatic rings. The molecule has 0 atom stereocenters. The summed E-state index contributed by atoms with van der Waals surface area (Å²) < 4.78 is 37.0. The van der Waals surface area contributed by atoms with Crippen molar-refractivity contribution in [3.8, 4) is 0 Å². The second kappa shape index (κ2) is 3.43. The molecular weight excluding hydrogens is 217 g/mol. The minimum absolute atomic E-state index is 0.0472. The standard InChI is InChI=1S/C10H10FNO2S/c11-9-2-1-3-10-8(9)6-7(4-5-12)15(10,13)14/h1-3,6H,4-5,12H2. The molecule has 0 fully saturated rings. The van der Waals surface area contributed by atoms with E-state index in [1.54, 1.807) is 0 Å². The minimum Gasteiger partial charge on any atom is -0.330 e. The van der Waals surface area contributed by atoms with E-state index >= 15 is 0 Å². The highest BCUT2D eigenvalue weighted by Gasteiger charge is 2.30. The largest absolute Gasteiger partial charge is 0.330 e. The molecule has 1 aliphatic rings. The van der Waals surface area contributed by atoms with Crippen LogP contribution in [0.1, 0.15) is 12.0 Å². The van der Waals surface area contributed by atoms with Gasteiger partial charge in [-0.2, -0.15) is 0 Å². The summed E-state index contributed by atoms with van der Waals surface area (Å²) in [5, 5.41) is 0. The van der Waals surface area contributed by atoms with Crippen molar-refractivity contribution in [2.24, 2.45) is 5.73 Å². The quantitative estimate of drug-likeness (QED) is 0.828. The van der Waals surface area contributed by atoms with E-state index in [1.807, 2.05) is 0 Å². The number of sulfone groups is 1. The Balaban J connectivity index is 2.64. The minimum atomic E-state index is -3.49. The number of nitrogens with two attached hydrogens (primary N) is 1. The van der Waals surface area contributed by atoms with Crippen molar-refractivity contribution in [2.45, 2.75) is 11.3 Å².